The molecule has 0 saturated heterocycles. The van der Waals surface area contributed by atoms with E-state index >= 15 is 0 Å². The topological polar surface area (TPSA) is 103 Å². The molecule has 1 aromatic carbocycles. The third kappa shape index (κ3) is 3.84. The molecule has 1 unspecified atom stereocenters. The summed E-state index contributed by atoms with van der Waals surface area (Å²) in [5.41, 5.74) is 3.74. The van der Waals surface area contributed by atoms with Gasteiger partial charge in [0.2, 0.25) is 5.16 Å². The van der Waals surface area contributed by atoms with Gasteiger partial charge in [0, 0.05) is 6.42 Å². The van der Waals surface area contributed by atoms with Crippen LogP contribution >= 0.6 is 11.8 Å². The van der Waals surface area contributed by atoms with E-state index in [0.29, 0.717) is 28.8 Å². The van der Waals surface area contributed by atoms with Crippen molar-refractivity contribution in [2.24, 2.45) is 5.10 Å². The second-order valence-electron chi connectivity index (χ2n) is 7.45. The molecule has 0 saturated carbocycles. The van der Waals surface area contributed by atoms with E-state index in [0.717, 1.165) is 16.8 Å². The molecule has 3 aromatic heterocycles. The quantitative estimate of drug-likeness (QED) is 0.412. The molecule has 1 aliphatic rings. The Labute approximate surface area is 188 Å². The van der Waals surface area contributed by atoms with Gasteiger partial charge in [-0.2, -0.15) is 9.78 Å². The van der Waals surface area contributed by atoms with Gasteiger partial charge < -0.3 is 8.83 Å². The number of thioether (sulfide) groups is 1. The molecule has 1 amide bonds. The maximum absolute atomic E-state index is 13.2. The second-order valence-corrected chi connectivity index (χ2v) is 8.39. The van der Waals surface area contributed by atoms with Crippen molar-refractivity contribution < 1.29 is 13.6 Å². The number of benzene rings is 1. The summed E-state index contributed by atoms with van der Waals surface area (Å²) in [5, 5.41) is 18.6. The first-order chi connectivity index (χ1) is 15.6. The van der Waals surface area contributed by atoms with Crippen LogP contribution in [0.2, 0.25) is 0 Å². The van der Waals surface area contributed by atoms with Crippen LogP contribution in [0.25, 0.3) is 5.69 Å². The van der Waals surface area contributed by atoms with E-state index in [1.807, 2.05) is 44.2 Å². The molecule has 4 heterocycles. The van der Waals surface area contributed by atoms with Gasteiger partial charge in [0.1, 0.15) is 23.3 Å². The van der Waals surface area contributed by atoms with E-state index in [9.17, 15) is 4.79 Å². The van der Waals surface area contributed by atoms with Crippen LogP contribution in [0.5, 0.6) is 0 Å². The summed E-state index contributed by atoms with van der Waals surface area (Å²) in [6, 6.07) is 13.0. The molecule has 32 heavy (non-hydrogen) atoms. The predicted molar refractivity (Wildman–Crippen MR) is 118 cm³/mol. The third-order valence-corrected chi connectivity index (χ3v) is 6.11. The van der Waals surface area contributed by atoms with Crippen LogP contribution < -0.4 is 0 Å². The Morgan fingerprint density at radius 1 is 1.16 bits per heavy atom. The Balaban J connectivity index is 1.37. The summed E-state index contributed by atoms with van der Waals surface area (Å²) in [7, 11) is 0. The number of aromatic nitrogens is 4. The van der Waals surface area contributed by atoms with Crippen molar-refractivity contribution >= 4 is 23.4 Å². The first kappa shape index (κ1) is 20.3. The standard InChI is InChI=1S/C22H20N6O3S/c1-14-7-8-15(2)17(11-14)28-22(23-25-26-28)32-13-21(29)27-18(20-6-4-10-31-20)12-16(24-27)19-5-3-9-30-19/h3-11,18H,12-13H2,1-2H3. The van der Waals surface area contributed by atoms with Crippen LogP contribution in [-0.4, -0.2) is 42.6 Å². The molecule has 9 nitrogen and oxygen atoms in total. The van der Waals surface area contributed by atoms with Crippen LogP contribution in [0.15, 0.2) is 74.1 Å². The Hall–Kier alpha value is -3.66. The molecule has 0 aliphatic carbocycles. The van der Waals surface area contributed by atoms with Crippen LogP contribution in [0.4, 0.5) is 0 Å². The van der Waals surface area contributed by atoms with E-state index in [2.05, 4.69) is 20.6 Å². The lowest BCUT2D eigenvalue weighted by molar-refractivity contribution is -0.130. The number of hydrazone groups is 1. The largest absolute Gasteiger partial charge is 0.467 e. The van der Waals surface area contributed by atoms with E-state index in [-0.39, 0.29) is 17.7 Å². The lowest BCUT2D eigenvalue weighted by Crippen LogP contribution is -2.28. The fraction of sp³-hybridized carbons (Fsp3) is 0.227. The summed E-state index contributed by atoms with van der Waals surface area (Å²) < 4.78 is 12.7. The summed E-state index contributed by atoms with van der Waals surface area (Å²) in [6.07, 6.45) is 3.70. The average molecular weight is 449 g/mol. The maximum atomic E-state index is 13.2. The molecule has 5 rings (SSSR count). The van der Waals surface area contributed by atoms with Crippen LogP contribution in [0, 0.1) is 13.8 Å². The van der Waals surface area contributed by atoms with Gasteiger partial charge >= 0.3 is 0 Å². The first-order valence-electron chi connectivity index (χ1n) is 10.1. The molecule has 1 atom stereocenters. The Bertz CT molecular complexity index is 1260. The number of rotatable bonds is 6. The highest BCUT2D eigenvalue weighted by Crippen LogP contribution is 2.34. The summed E-state index contributed by atoms with van der Waals surface area (Å²) >= 11 is 1.27. The van der Waals surface area contributed by atoms with Crippen molar-refractivity contribution in [1.29, 1.82) is 0 Å². The molecule has 0 N–H and O–H groups in total. The van der Waals surface area contributed by atoms with E-state index in [1.165, 1.54) is 16.8 Å². The average Bonchev–Trinajstić information content (AvgIpc) is 3.59. The molecule has 0 spiro atoms. The van der Waals surface area contributed by atoms with Gasteiger partial charge in [-0.15, -0.1) is 5.10 Å². The lowest BCUT2D eigenvalue weighted by Gasteiger charge is -2.19. The minimum Gasteiger partial charge on any atom is -0.467 e. The minimum absolute atomic E-state index is 0.122. The number of amides is 1. The maximum Gasteiger partial charge on any atom is 0.253 e. The van der Waals surface area contributed by atoms with Crippen LogP contribution in [-0.2, 0) is 4.79 Å². The van der Waals surface area contributed by atoms with Crippen molar-refractivity contribution in [2.75, 3.05) is 5.75 Å². The van der Waals surface area contributed by atoms with Crippen LogP contribution in [0.3, 0.4) is 0 Å². The Morgan fingerprint density at radius 3 is 2.78 bits per heavy atom. The van der Waals surface area contributed by atoms with Crippen molar-refractivity contribution in [3.8, 4) is 5.69 Å². The zero-order valence-electron chi connectivity index (χ0n) is 17.5. The summed E-state index contributed by atoms with van der Waals surface area (Å²) in [6.45, 7) is 4.01. The van der Waals surface area contributed by atoms with Gasteiger partial charge in [-0.1, -0.05) is 23.9 Å². The smallest absolute Gasteiger partial charge is 0.253 e. The molecular formula is C22H20N6O3S. The van der Waals surface area contributed by atoms with Crippen molar-refractivity contribution in [2.45, 2.75) is 31.5 Å². The highest BCUT2D eigenvalue weighted by Gasteiger charge is 2.35. The monoisotopic (exact) mass is 448 g/mol. The zero-order chi connectivity index (χ0) is 22.1. The highest BCUT2D eigenvalue weighted by atomic mass is 32.2. The van der Waals surface area contributed by atoms with Crippen LogP contribution in [0.1, 0.15) is 35.1 Å². The zero-order valence-corrected chi connectivity index (χ0v) is 18.3. The predicted octanol–water partition coefficient (Wildman–Crippen LogP) is 3.94. The number of tetrazole rings is 1. The highest BCUT2D eigenvalue weighted by molar-refractivity contribution is 7.99. The number of carbonyl (C=O) groups is 1. The number of nitrogens with zero attached hydrogens (tertiary/aromatic N) is 6. The van der Waals surface area contributed by atoms with E-state index < -0.39 is 0 Å². The molecule has 0 fully saturated rings. The molecule has 0 radical (unpaired) electrons. The van der Waals surface area contributed by atoms with Gasteiger partial charge in [0.25, 0.3) is 5.91 Å². The number of aryl methyl sites for hydroxylation is 2. The summed E-state index contributed by atoms with van der Waals surface area (Å²) in [4.78, 5) is 13.2. The van der Waals surface area contributed by atoms with E-state index in [1.54, 1.807) is 29.3 Å². The molecule has 4 aromatic rings. The van der Waals surface area contributed by atoms with Gasteiger partial charge in [-0.05, 0) is 65.7 Å². The number of hydrogen-bond acceptors (Lipinski definition) is 8. The first-order valence-corrected chi connectivity index (χ1v) is 11.0. The van der Waals surface area contributed by atoms with Crippen molar-refractivity contribution in [3.63, 3.8) is 0 Å². The second kappa shape index (κ2) is 8.46. The van der Waals surface area contributed by atoms with Crippen molar-refractivity contribution in [1.82, 2.24) is 25.2 Å². The number of hydrogen-bond donors (Lipinski definition) is 0. The fourth-order valence-electron chi connectivity index (χ4n) is 3.59. The van der Waals surface area contributed by atoms with E-state index in [4.69, 9.17) is 8.83 Å². The minimum atomic E-state index is -0.326. The van der Waals surface area contributed by atoms with Gasteiger partial charge in [0.15, 0.2) is 0 Å². The van der Waals surface area contributed by atoms with Gasteiger partial charge in [0.05, 0.1) is 24.0 Å². The summed E-state index contributed by atoms with van der Waals surface area (Å²) in [5.74, 6) is 1.27. The normalized spacial score (nSPS) is 15.9. The van der Waals surface area contributed by atoms with Gasteiger partial charge in [-0.3, -0.25) is 4.79 Å². The SMILES string of the molecule is Cc1ccc(C)c(-n2nnnc2SCC(=O)N2N=C(c3ccco3)CC2c2ccco2)c1. The molecule has 0 bridgehead atoms. The fourth-order valence-corrected chi connectivity index (χ4v) is 4.33. The Kier molecular flexibility index (Phi) is 5.36. The molecule has 1 aliphatic heterocycles. The Morgan fingerprint density at radius 2 is 2.00 bits per heavy atom. The van der Waals surface area contributed by atoms with Gasteiger partial charge in [-0.25, -0.2) is 5.01 Å². The molecule has 10 heteroatoms. The molecule has 162 valence electrons. The van der Waals surface area contributed by atoms with Crippen molar-refractivity contribution in [3.05, 3.63) is 77.6 Å². The molecular weight excluding hydrogens is 428 g/mol. The lowest BCUT2D eigenvalue weighted by atomic mass is 10.1. The third-order valence-electron chi connectivity index (χ3n) is 5.20. The number of carbonyl (C=O) groups excluding carboxylic acids is 1. The number of furan rings is 2.